The van der Waals surface area contributed by atoms with Crippen LogP contribution in [0.25, 0.3) is 0 Å². The van der Waals surface area contributed by atoms with Gasteiger partial charge in [-0.3, -0.25) is 4.68 Å². The SMILES string of the molecule is CC(C)n1nccc1[C@H]1OCC[C@@H]1N[C@H]1CCCOC1. The zero-order valence-corrected chi connectivity index (χ0v) is 12.4. The van der Waals surface area contributed by atoms with Gasteiger partial charge in [-0.1, -0.05) is 0 Å². The summed E-state index contributed by atoms with van der Waals surface area (Å²) in [5, 5.41) is 8.16. The Kier molecular flexibility index (Phi) is 4.38. The van der Waals surface area contributed by atoms with Crippen molar-refractivity contribution >= 4 is 0 Å². The minimum Gasteiger partial charge on any atom is -0.380 e. The molecule has 2 aliphatic heterocycles. The summed E-state index contributed by atoms with van der Waals surface area (Å²) in [6.45, 7) is 6.86. The molecule has 1 N–H and O–H groups in total. The van der Waals surface area contributed by atoms with Crippen LogP contribution in [0.5, 0.6) is 0 Å². The van der Waals surface area contributed by atoms with Crippen LogP contribution in [0.1, 0.15) is 50.9 Å². The van der Waals surface area contributed by atoms with Crippen molar-refractivity contribution in [1.29, 1.82) is 0 Å². The molecule has 0 aromatic carbocycles. The van der Waals surface area contributed by atoms with E-state index in [1.807, 2.05) is 6.20 Å². The fourth-order valence-electron chi connectivity index (χ4n) is 3.21. The third-order valence-corrected chi connectivity index (χ3v) is 4.18. The maximum atomic E-state index is 5.98. The smallest absolute Gasteiger partial charge is 0.114 e. The van der Waals surface area contributed by atoms with Gasteiger partial charge in [0.05, 0.1) is 12.3 Å². The van der Waals surface area contributed by atoms with Gasteiger partial charge in [-0.05, 0) is 39.2 Å². The van der Waals surface area contributed by atoms with Crippen LogP contribution in [0, 0.1) is 0 Å². The first-order chi connectivity index (χ1) is 9.75. The van der Waals surface area contributed by atoms with Crippen molar-refractivity contribution in [2.75, 3.05) is 19.8 Å². The molecular weight excluding hydrogens is 254 g/mol. The van der Waals surface area contributed by atoms with Crippen LogP contribution in [0.3, 0.4) is 0 Å². The predicted octanol–water partition coefficient (Wildman–Crippen LogP) is 2.06. The lowest BCUT2D eigenvalue weighted by molar-refractivity contribution is 0.0520. The highest BCUT2D eigenvalue weighted by atomic mass is 16.5. The topological polar surface area (TPSA) is 48.3 Å². The molecule has 0 radical (unpaired) electrons. The molecule has 0 spiro atoms. The van der Waals surface area contributed by atoms with Gasteiger partial charge >= 0.3 is 0 Å². The molecular formula is C15H25N3O2. The second-order valence-electron chi connectivity index (χ2n) is 6.06. The molecule has 20 heavy (non-hydrogen) atoms. The van der Waals surface area contributed by atoms with E-state index in [0.717, 1.165) is 32.7 Å². The molecule has 0 amide bonds. The highest BCUT2D eigenvalue weighted by molar-refractivity contribution is 5.11. The van der Waals surface area contributed by atoms with Crippen LogP contribution < -0.4 is 5.32 Å². The standard InChI is InChI=1S/C15H25N3O2/c1-11(2)18-14(5-7-16-18)15-13(6-9-20-15)17-12-4-3-8-19-10-12/h5,7,11-13,15,17H,3-4,6,8-10H2,1-2H3/t12-,13-,15-/m0/s1. The Balaban J connectivity index is 1.69. The Labute approximate surface area is 120 Å². The van der Waals surface area contributed by atoms with Crippen LogP contribution in [0.15, 0.2) is 12.3 Å². The van der Waals surface area contributed by atoms with Crippen molar-refractivity contribution in [2.24, 2.45) is 0 Å². The quantitative estimate of drug-likeness (QED) is 0.916. The molecule has 0 unspecified atom stereocenters. The van der Waals surface area contributed by atoms with Crippen LogP contribution in [0.4, 0.5) is 0 Å². The van der Waals surface area contributed by atoms with E-state index < -0.39 is 0 Å². The summed E-state index contributed by atoms with van der Waals surface area (Å²) in [5.74, 6) is 0. The summed E-state index contributed by atoms with van der Waals surface area (Å²) in [6, 6.07) is 3.29. The summed E-state index contributed by atoms with van der Waals surface area (Å²) >= 11 is 0. The highest BCUT2D eigenvalue weighted by Crippen LogP contribution is 2.31. The molecule has 2 fully saturated rings. The van der Waals surface area contributed by atoms with E-state index >= 15 is 0 Å². The van der Waals surface area contributed by atoms with Crippen molar-refractivity contribution in [1.82, 2.24) is 15.1 Å². The summed E-state index contributed by atoms with van der Waals surface area (Å²) in [4.78, 5) is 0. The maximum absolute atomic E-state index is 5.98. The van der Waals surface area contributed by atoms with E-state index in [2.05, 4.69) is 35.0 Å². The maximum Gasteiger partial charge on any atom is 0.114 e. The Morgan fingerprint density at radius 3 is 3.00 bits per heavy atom. The minimum atomic E-state index is 0.113. The summed E-state index contributed by atoms with van der Waals surface area (Å²) in [6.07, 6.45) is 5.40. The van der Waals surface area contributed by atoms with Crippen molar-refractivity contribution in [3.63, 3.8) is 0 Å². The average molecular weight is 279 g/mol. The van der Waals surface area contributed by atoms with Crippen LogP contribution >= 0.6 is 0 Å². The molecule has 0 aliphatic carbocycles. The fraction of sp³-hybridized carbons (Fsp3) is 0.800. The van der Waals surface area contributed by atoms with Crippen LogP contribution in [-0.4, -0.2) is 41.7 Å². The van der Waals surface area contributed by atoms with Gasteiger partial charge < -0.3 is 14.8 Å². The van der Waals surface area contributed by atoms with Crippen molar-refractivity contribution in [2.45, 2.75) is 57.3 Å². The molecule has 5 heteroatoms. The van der Waals surface area contributed by atoms with E-state index in [1.54, 1.807) is 0 Å². The van der Waals surface area contributed by atoms with Gasteiger partial charge in [-0.2, -0.15) is 5.10 Å². The Bertz CT molecular complexity index is 427. The van der Waals surface area contributed by atoms with E-state index in [4.69, 9.17) is 9.47 Å². The van der Waals surface area contributed by atoms with Crippen molar-refractivity contribution < 1.29 is 9.47 Å². The second kappa shape index (κ2) is 6.24. The first kappa shape index (κ1) is 14.0. The van der Waals surface area contributed by atoms with Gasteiger partial charge in [0.25, 0.3) is 0 Å². The van der Waals surface area contributed by atoms with Gasteiger partial charge in [0.2, 0.25) is 0 Å². The van der Waals surface area contributed by atoms with E-state index in [9.17, 15) is 0 Å². The number of aromatic nitrogens is 2. The number of hydrogen-bond acceptors (Lipinski definition) is 4. The lowest BCUT2D eigenvalue weighted by Gasteiger charge is -2.29. The average Bonchev–Trinajstić information content (AvgIpc) is 3.07. The van der Waals surface area contributed by atoms with E-state index in [-0.39, 0.29) is 6.10 Å². The third-order valence-electron chi connectivity index (χ3n) is 4.18. The molecule has 0 saturated carbocycles. The predicted molar refractivity (Wildman–Crippen MR) is 76.7 cm³/mol. The molecule has 0 bridgehead atoms. The lowest BCUT2D eigenvalue weighted by atomic mass is 10.0. The molecule has 2 aliphatic rings. The van der Waals surface area contributed by atoms with Gasteiger partial charge in [0.1, 0.15) is 6.10 Å². The second-order valence-corrected chi connectivity index (χ2v) is 6.06. The zero-order chi connectivity index (χ0) is 13.9. The molecule has 3 atom stereocenters. The molecule has 112 valence electrons. The molecule has 3 heterocycles. The third kappa shape index (κ3) is 2.90. The summed E-state index contributed by atoms with van der Waals surface area (Å²) in [5.41, 5.74) is 1.19. The Morgan fingerprint density at radius 2 is 2.25 bits per heavy atom. The normalized spacial score (nSPS) is 31.1. The minimum absolute atomic E-state index is 0.113. The molecule has 5 nitrogen and oxygen atoms in total. The van der Waals surface area contributed by atoms with Crippen molar-refractivity contribution in [3.8, 4) is 0 Å². The summed E-state index contributed by atoms with van der Waals surface area (Å²) in [7, 11) is 0. The number of nitrogens with one attached hydrogen (secondary N) is 1. The molecule has 3 rings (SSSR count). The molecule has 1 aromatic heterocycles. The Hall–Kier alpha value is -0.910. The number of rotatable bonds is 4. The lowest BCUT2D eigenvalue weighted by Crippen LogP contribution is -2.44. The Morgan fingerprint density at radius 1 is 1.35 bits per heavy atom. The monoisotopic (exact) mass is 279 g/mol. The zero-order valence-electron chi connectivity index (χ0n) is 12.4. The number of nitrogens with zero attached hydrogens (tertiary/aromatic N) is 2. The first-order valence-electron chi connectivity index (χ1n) is 7.74. The largest absolute Gasteiger partial charge is 0.380 e. The van der Waals surface area contributed by atoms with Gasteiger partial charge in [0, 0.05) is 37.5 Å². The molecule has 2 saturated heterocycles. The number of hydrogen-bond donors (Lipinski definition) is 1. The van der Waals surface area contributed by atoms with Gasteiger partial charge in [-0.25, -0.2) is 0 Å². The van der Waals surface area contributed by atoms with Crippen molar-refractivity contribution in [3.05, 3.63) is 18.0 Å². The fourth-order valence-corrected chi connectivity index (χ4v) is 3.21. The highest BCUT2D eigenvalue weighted by Gasteiger charge is 2.34. The van der Waals surface area contributed by atoms with Gasteiger partial charge in [-0.15, -0.1) is 0 Å². The first-order valence-corrected chi connectivity index (χ1v) is 7.74. The van der Waals surface area contributed by atoms with Crippen LogP contribution in [-0.2, 0) is 9.47 Å². The molecule has 1 aromatic rings. The number of ether oxygens (including phenoxy) is 2. The summed E-state index contributed by atoms with van der Waals surface area (Å²) < 4.78 is 13.6. The van der Waals surface area contributed by atoms with E-state index in [0.29, 0.717) is 18.1 Å². The van der Waals surface area contributed by atoms with Crippen LogP contribution in [0.2, 0.25) is 0 Å². The van der Waals surface area contributed by atoms with E-state index in [1.165, 1.54) is 12.1 Å². The van der Waals surface area contributed by atoms with Gasteiger partial charge in [0.15, 0.2) is 0 Å².